The van der Waals surface area contributed by atoms with Gasteiger partial charge in [0.1, 0.15) is 5.82 Å². The molecule has 110 valence electrons. The molecule has 20 heavy (non-hydrogen) atoms. The van der Waals surface area contributed by atoms with Gasteiger partial charge in [-0.15, -0.1) is 0 Å². The van der Waals surface area contributed by atoms with E-state index in [1.807, 2.05) is 6.20 Å². The Morgan fingerprint density at radius 3 is 2.80 bits per heavy atom. The highest BCUT2D eigenvalue weighted by Crippen LogP contribution is 2.37. The van der Waals surface area contributed by atoms with Crippen molar-refractivity contribution in [3.8, 4) is 0 Å². The first-order valence-corrected chi connectivity index (χ1v) is 8.24. The fourth-order valence-electron chi connectivity index (χ4n) is 2.73. The molecular formula is C17H27N3. The second-order valence-corrected chi connectivity index (χ2v) is 6.45. The fourth-order valence-corrected chi connectivity index (χ4v) is 2.73. The van der Waals surface area contributed by atoms with Gasteiger partial charge in [0, 0.05) is 24.8 Å². The predicted molar refractivity (Wildman–Crippen MR) is 84.0 cm³/mol. The van der Waals surface area contributed by atoms with Gasteiger partial charge in [0.25, 0.3) is 0 Å². The molecule has 1 unspecified atom stereocenters. The molecule has 0 radical (unpaired) electrons. The van der Waals surface area contributed by atoms with Crippen LogP contribution in [-0.4, -0.2) is 24.1 Å². The highest BCUT2D eigenvalue weighted by Gasteiger charge is 2.34. The molecule has 2 saturated carbocycles. The van der Waals surface area contributed by atoms with Crippen LogP contribution in [0.4, 0.5) is 5.82 Å². The van der Waals surface area contributed by atoms with Crippen LogP contribution in [0.15, 0.2) is 18.3 Å². The van der Waals surface area contributed by atoms with Crippen LogP contribution in [0, 0.1) is 5.92 Å². The summed E-state index contributed by atoms with van der Waals surface area (Å²) in [6.45, 7) is 6.75. The lowest BCUT2D eigenvalue weighted by Crippen LogP contribution is -2.29. The molecule has 3 nitrogen and oxygen atoms in total. The van der Waals surface area contributed by atoms with Crippen molar-refractivity contribution in [1.82, 2.24) is 10.3 Å². The number of hydrogen-bond donors (Lipinski definition) is 1. The zero-order chi connectivity index (χ0) is 13.9. The molecule has 0 saturated heterocycles. The van der Waals surface area contributed by atoms with E-state index in [1.165, 1.54) is 50.0 Å². The number of pyridine rings is 1. The molecule has 1 heterocycles. The van der Waals surface area contributed by atoms with Crippen LogP contribution in [0.3, 0.4) is 0 Å². The first-order valence-electron chi connectivity index (χ1n) is 8.24. The van der Waals surface area contributed by atoms with Crippen LogP contribution < -0.4 is 10.2 Å². The van der Waals surface area contributed by atoms with E-state index in [4.69, 9.17) is 0 Å². The monoisotopic (exact) mass is 273 g/mol. The summed E-state index contributed by atoms with van der Waals surface area (Å²) in [7, 11) is 0. The van der Waals surface area contributed by atoms with E-state index in [-0.39, 0.29) is 0 Å². The third-order valence-electron chi connectivity index (χ3n) is 4.40. The first-order chi connectivity index (χ1) is 9.78. The van der Waals surface area contributed by atoms with Gasteiger partial charge >= 0.3 is 0 Å². The molecule has 1 aromatic heterocycles. The van der Waals surface area contributed by atoms with E-state index < -0.39 is 0 Å². The number of anilines is 1. The zero-order valence-electron chi connectivity index (χ0n) is 12.8. The van der Waals surface area contributed by atoms with Crippen molar-refractivity contribution >= 4 is 5.82 Å². The van der Waals surface area contributed by atoms with Gasteiger partial charge in [0.2, 0.25) is 0 Å². The van der Waals surface area contributed by atoms with Gasteiger partial charge in [-0.25, -0.2) is 4.98 Å². The molecule has 1 atom stereocenters. The van der Waals surface area contributed by atoms with Gasteiger partial charge in [-0.1, -0.05) is 6.92 Å². The Balaban J connectivity index is 1.71. The minimum atomic E-state index is 0.415. The van der Waals surface area contributed by atoms with Crippen LogP contribution in [0.5, 0.6) is 0 Å². The molecule has 1 N–H and O–H groups in total. The number of nitrogens with zero attached hydrogens (tertiary/aromatic N) is 2. The molecule has 3 rings (SSSR count). The van der Waals surface area contributed by atoms with Gasteiger partial charge in [0.15, 0.2) is 0 Å². The summed E-state index contributed by atoms with van der Waals surface area (Å²) in [4.78, 5) is 7.21. The van der Waals surface area contributed by atoms with Crippen LogP contribution in [0.2, 0.25) is 0 Å². The van der Waals surface area contributed by atoms with Crippen LogP contribution in [0.25, 0.3) is 0 Å². The van der Waals surface area contributed by atoms with Crippen LogP contribution in [0.1, 0.15) is 57.6 Å². The molecule has 1 aromatic rings. The maximum atomic E-state index is 4.64. The summed E-state index contributed by atoms with van der Waals surface area (Å²) in [5.74, 6) is 2.12. The van der Waals surface area contributed by atoms with Gasteiger partial charge in [0.05, 0.1) is 0 Å². The molecular weight excluding hydrogens is 246 g/mol. The second kappa shape index (κ2) is 6.13. The highest BCUT2D eigenvalue weighted by atomic mass is 15.2. The van der Waals surface area contributed by atoms with Crippen molar-refractivity contribution in [1.29, 1.82) is 0 Å². The third kappa shape index (κ3) is 3.51. The summed E-state index contributed by atoms with van der Waals surface area (Å²) >= 11 is 0. The Morgan fingerprint density at radius 2 is 2.15 bits per heavy atom. The van der Waals surface area contributed by atoms with Crippen molar-refractivity contribution in [3.05, 3.63) is 23.9 Å². The molecule has 0 aromatic carbocycles. The van der Waals surface area contributed by atoms with E-state index in [0.717, 1.165) is 18.5 Å². The topological polar surface area (TPSA) is 28.2 Å². The van der Waals surface area contributed by atoms with Crippen LogP contribution >= 0.6 is 0 Å². The predicted octanol–water partition coefficient (Wildman–Crippen LogP) is 3.52. The summed E-state index contributed by atoms with van der Waals surface area (Å²) in [6, 6.07) is 5.63. The molecule has 3 heteroatoms. The second-order valence-electron chi connectivity index (χ2n) is 6.45. The van der Waals surface area contributed by atoms with Crippen molar-refractivity contribution in [2.24, 2.45) is 5.92 Å². The van der Waals surface area contributed by atoms with Crippen molar-refractivity contribution < 1.29 is 0 Å². The number of hydrogen-bond acceptors (Lipinski definition) is 3. The number of aromatic nitrogens is 1. The van der Waals surface area contributed by atoms with Gasteiger partial charge in [-0.3, -0.25) is 0 Å². The average molecular weight is 273 g/mol. The summed E-state index contributed by atoms with van der Waals surface area (Å²) < 4.78 is 0. The Hall–Kier alpha value is -1.09. The lowest BCUT2D eigenvalue weighted by molar-refractivity contribution is 0.569. The number of rotatable bonds is 8. The lowest BCUT2D eigenvalue weighted by atomic mass is 10.1. The van der Waals surface area contributed by atoms with Crippen molar-refractivity contribution in [2.75, 3.05) is 18.0 Å². The quantitative estimate of drug-likeness (QED) is 0.785. The van der Waals surface area contributed by atoms with E-state index in [1.54, 1.807) is 0 Å². The zero-order valence-corrected chi connectivity index (χ0v) is 12.8. The third-order valence-corrected chi connectivity index (χ3v) is 4.40. The fraction of sp³-hybridized carbons (Fsp3) is 0.706. The maximum absolute atomic E-state index is 4.64. The molecule has 2 aliphatic rings. The molecule has 0 bridgehead atoms. The average Bonchev–Trinajstić information content (AvgIpc) is 3.35. The molecule has 0 aliphatic heterocycles. The SMILES string of the molecule is CCCNC(C)c1ccnc(N(CC2CC2)C2CC2)c1. The van der Waals surface area contributed by atoms with Gasteiger partial charge < -0.3 is 10.2 Å². The van der Waals surface area contributed by atoms with E-state index in [2.05, 4.69) is 41.2 Å². The summed E-state index contributed by atoms with van der Waals surface area (Å²) in [5, 5.41) is 3.57. The van der Waals surface area contributed by atoms with Crippen molar-refractivity contribution in [3.63, 3.8) is 0 Å². The summed E-state index contributed by atoms with van der Waals surface area (Å²) in [6.07, 6.45) is 8.69. The van der Waals surface area contributed by atoms with E-state index in [9.17, 15) is 0 Å². The Kier molecular flexibility index (Phi) is 4.25. The normalized spacial score (nSPS) is 19.9. The molecule has 0 amide bonds. The van der Waals surface area contributed by atoms with Gasteiger partial charge in [-0.2, -0.15) is 0 Å². The van der Waals surface area contributed by atoms with Gasteiger partial charge in [-0.05, 0) is 69.2 Å². The first kappa shape index (κ1) is 13.9. The molecule has 2 fully saturated rings. The Labute approximate surface area is 122 Å². The molecule has 2 aliphatic carbocycles. The number of nitrogens with one attached hydrogen (secondary N) is 1. The Bertz CT molecular complexity index is 438. The lowest BCUT2D eigenvalue weighted by Gasteiger charge is -2.24. The highest BCUT2D eigenvalue weighted by molar-refractivity contribution is 5.44. The minimum absolute atomic E-state index is 0.415. The molecule has 0 spiro atoms. The maximum Gasteiger partial charge on any atom is 0.129 e. The van der Waals surface area contributed by atoms with Crippen molar-refractivity contribution in [2.45, 2.75) is 58.0 Å². The van der Waals surface area contributed by atoms with Crippen LogP contribution in [-0.2, 0) is 0 Å². The smallest absolute Gasteiger partial charge is 0.129 e. The Morgan fingerprint density at radius 1 is 1.35 bits per heavy atom. The minimum Gasteiger partial charge on any atom is -0.353 e. The summed E-state index contributed by atoms with van der Waals surface area (Å²) in [5.41, 5.74) is 1.37. The van der Waals surface area contributed by atoms with E-state index >= 15 is 0 Å². The van der Waals surface area contributed by atoms with E-state index in [0.29, 0.717) is 6.04 Å². The standard InChI is InChI=1S/C17H27N3/c1-3-9-18-13(2)15-8-10-19-17(11-15)20(16-6-7-16)12-14-4-5-14/h8,10-11,13-14,16,18H,3-7,9,12H2,1-2H3. The largest absolute Gasteiger partial charge is 0.353 e.